The summed E-state index contributed by atoms with van der Waals surface area (Å²) >= 11 is 0. The van der Waals surface area contributed by atoms with Crippen molar-refractivity contribution in [2.45, 2.75) is 12.5 Å². The molecule has 1 aliphatic heterocycles. The summed E-state index contributed by atoms with van der Waals surface area (Å²) in [5, 5.41) is 39.5. The van der Waals surface area contributed by atoms with Crippen LogP contribution in [0.1, 0.15) is 6.42 Å². The van der Waals surface area contributed by atoms with Crippen molar-refractivity contribution in [3.05, 3.63) is 0 Å². The Labute approximate surface area is 162 Å². The Bertz CT molecular complexity index is 559. The zero-order chi connectivity index (χ0) is 21.1. The van der Waals surface area contributed by atoms with Crippen LogP contribution in [0.4, 0.5) is 0 Å². The lowest BCUT2D eigenvalue weighted by Gasteiger charge is -2.34. The van der Waals surface area contributed by atoms with Gasteiger partial charge in [-0.25, -0.2) is 0 Å². The Balaban J connectivity index is 2.95. The summed E-state index contributed by atoms with van der Waals surface area (Å²) in [7, 11) is 0. The topological polar surface area (TPSA) is 171 Å². The monoisotopic (exact) mass is 404 g/mol. The number of carboxylic acid groups (broad SMARTS) is 4. The molecule has 0 aromatic heterocycles. The predicted molar refractivity (Wildman–Crippen MR) is 96.3 cm³/mol. The minimum atomic E-state index is -1.10. The standard InChI is InChI=1S/C16H28N4O8/c21-13(22)7-12-8-17-1-2-18(9-14(23)24)3-4-19(10-15(25)26)5-6-20(12)11-16(27)28/h12,17H,1-11H2,(H,21,22)(H,23,24)(H,25,26)(H,27,28). The largest absolute Gasteiger partial charge is 0.481 e. The van der Waals surface area contributed by atoms with Gasteiger partial charge in [-0.05, 0) is 0 Å². The maximum absolute atomic E-state index is 11.2. The van der Waals surface area contributed by atoms with E-state index in [-0.39, 0.29) is 45.7 Å². The first-order valence-electron chi connectivity index (χ1n) is 8.94. The third-order valence-electron chi connectivity index (χ3n) is 4.40. The van der Waals surface area contributed by atoms with Crippen LogP contribution >= 0.6 is 0 Å². The minimum absolute atomic E-state index is 0.179. The highest BCUT2D eigenvalue weighted by Crippen LogP contribution is 2.06. The van der Waals surface area contributed by atoms with Gasteiger partial charge in [0.2, 0.25) is 0 Å². The molecule has 0 aliphatic carbocycles. The summed E-state index contributed by atoms with van der Waals surface area (Å²) in [6.07, 6.45) is -0.266. The molecule has 1 atom stereocenters. The molecule has 1 rings (SSSR count). The van der Waals surface area contributed by atoms with Crippen molar-refractivity contribution in [3.63, 3.8) is 0 Å². The van der Waals surface area contributed by atoms with Crippen LogP contribution in [0.5, 0.6) is 0 Å². The van der Waals surface area contributed by atoms with Gasteiger partial charge in [0.1, 0.15) is 0 Å². The van der Waals surface area contributed by atoms with Crippen molar-refractivity contribution in [2.24, 2.45) is 0 Å². The first-order valence-corrected chi connectivity index (χ1v) is 8.94. The molecule has 5 N–H and O–H groups in total. The molecule has 12 heteroatoms. The number of carboxylic acids is 4. The molecule has 1 fully saturated rings. The highest BCUT2D eigenvalue weighted by Gasteiger charge is 2.25. The fourth-order valence-electron chi connectivity index (χ4n) is 3.08. The number of nitrogens with one attached hydrogen (secondary N) is 1. The number of rotatable bonds is 8. The van der Waals surface area contributed by atoms with E-state index < -0.39 is 29.9 Å². The fraction of sp³-hybridized carbons (Fsp3) is 0.750. The van der Waals surface area contributed by atoms with Gasteiger partial charge in [0.25, 0.3) is 0 Å². The molecule has 0 aromatic carbocycles. The summed E-state index contributed by atoms with van der Waals surface area (Å²) in [5.74, 6) is -4.21. The van der Waals surface area contributed by atoms with Crippen LogP contribution in [0.2, 0.25) is 0 Å². The van der Waals surface area contributed by atoms with Crippen LogP contribution in [-0.4, -0.2) is 130 Å². The predicted octanol–water partition coefficient (Wildman–Crippen LogP) is -2.41. The van der Waals surface area contributed by atoms with E-state index in [2.05, 4.69) is 5.32 Å². The molecule has 0 radical (unpaired) electrons. The Hall–Kier alpha value is -2.28. The summed E-state index contributed by atoms with van der Waals surface area (Å²) < 4.78 is 0. The maximum Gasteiger partial charge on any atom is 0.317 e. The molecule has 0 spiro atoms. The second kappa shape index (κ2) is 12.2. The van der Waals surface area contributed by atoms with Gasteiger partial charge in [0.05, 0.1) is 26.1 Å². The lowest BCUT2D eigenvalue weighted by Crippen LogP contribution is -2.51. The highest BCUT2D eigenvalue weighted by atomic mass is 16.4. The van der Waals surface area contributed by atoms with Crippen molar-refractivity contribution in [1.82, 2.24) is 20.0 Å². The Morgan fingerprint density at radius 1 is 0.714 bits per heavy atom. The molecule has 1 heterocycles. The number of hydrogen-bond acceptors (Lipinski definition) is 8. The van der Waals surface area contributed by atoms with Crippen LogP contribution in [0.15, 0.2) is 0 Å². The molecule has 0 saturated carbocycles. The molecule has 0 aromatic rings. The summed E-state index contributed by atoms with van der Waals surface area (Å²) in [6.45, 7) is 1.22. The second-order valence-electron chi connectivity index (χ2n) is 6.66. The minimum Gasteiger partial charge on any atom is -0.481 e. The zero-order valence-electron chi connectivity index (χ0n) is 15.6. The van der Waals surface area contributed by atoms with E-state index in [4.69, 9.17) is 20.4 Å². The second-order valence-corrected chi connectivity index (χ2v) is 6.66. The van der Waals surface area contributed by atoms with Gasteiger partial charge in [0.15, 0.2) is 0 Å². The SMILES string of the molecule is O=C(O)CC1CNCCN(CC(=O)O)CCN(CC(=O)O)CCN1CC(=O)O. The van der Waals surface area contributed by atoms with E-state index in [0.29, 0.717) is 26.2 Å². The Morgan fingerprint density at radius 2 is 1.21 bits per heavy atom. The zero-order valence-corrected chi connectivity index (χ0v) is 15.6. The quantitative estimate of drug-likeness (QED) is 0.291. The van der Waals surface area contributed by atoms with Crippen LogP contribution in [0.25, 0.3) is 0 Å². The molecular weight excluding hydrogens is 376 g/mol. The summed E-state index contributed by atoms with van der Waals surface area (Å²) in [4.78, 5) is 49.3. The number of nitrogens with zero attached hydrogens (tertiary/aromatic N) is 3. The van der Waals surface area contributed by atoms with E-state index in [1.54, 1.807) is 9.80 Å². The van der Waals surface area contributed by atoms with E-state index in [0.717, 1.165) is 0 Å². The van der Waals surface area contributed by atoms with Gasteiger partial charge in [-0.15, -0.1) is 0 Å². The van der Waals surface area contributed by atoms with Crippen LogP contribution in [0, 0.1) is 0 Å². The van der Waals surface area contributed by atoms with Crippen molar-refractivity contribution < 1.29 is 39.6 Å². The first kappa shape index (κ1) is 23.8. The van der Waals surface area contributed by atoms with Crippen LogP contribution in [-0.2, 0) is 19.2 Å². The average Bonchev–Trinajstić information content (AvgIpc) is 2.55. The molecule has 1 aliphatic rings. The van der Waals surface area contributed by atoms with Crippen LogP contribution in [0.3, 0.4) is 0 Å². The molecule has 12 nitrogen and oxygen atoms in total. The molecule has 1 unspecified atom stereocenters. The first-order chi connectivity index (χ1) is 13.2. The normalized spacial score (nSPS) is 21.4. The molecule has 160 valence electrons. The molecule has 0 bridgehead atoms. The van der Waals surface area contributed by atoms with E-state index in [1.165, 1.54) is 4.90 Å². The third kappa shape index (κ3) is 10.2. The van der Waals surface area contributed by atoms with Crippen molar-refractivity contribution in [3.8, 4) is 0 Å². The third-order valence-corrected chi connectivity index (χ3v) is 4.40. The van der Waals surface area contributed by atoms with Crippen molar-refractivity contribution in [1.29, 1.82) is 0 Å². The molecule has 1 saturated heterocycles. The summed E-state index contributed by atoms with van der Waals surface area (Å²) in [5.41, 5.74) is 0. The van der Waals surface area contributed by atoms with Gasteiger partial charge in [-0.3, -0.25) is 33.9 Å². The van der Waals surface area contributed by atoms with Gasteiger partial charge >= 0.3 is 23.9 Å². The Morgan fingerprint density at radius 3 is 1.71 bits per heavy atom. The number of carbonyl (C=O) groups is 4. The van der Waals surface area contributed by atoms with Gasteiger partial charge in [-0.2, -0.15) is 0 Å². The van der Waals surface area contributed by atoms with Crippen LogP contribution < -0.4 is 5.32 Å². The lowest BCUT2D eigenvalue weighted by molar-refractivity contribution is -0.143. The molecule has 28 heavy (non-hydrogen) atoms. The van der Waals surface area contributed by atoms with E-state index >= 15 is 0 Å². The van der Waals surface area contributed by atoms with Crippen molar-refractivity contribution >= 4 is 23.9 Å². The van der Waals surface area contributed by atoms with E-state index in [9.17, 15) is 19.2 Å². The number of aliphatic carboxylic acids is 4. The molecule has 0 amide bonds. The highest BCUT2D eigenvalue weighted by molar-refractivity contribution is 5.70. The fourth-order valence-corrected chi connectivity index (χ4v) is 3.08. The summed E-state index contributed by atoms with van der Waals surface area (Å²) in [6, 6.07) is -0.590. The maximum atomic E-state index is 11.2. The lowest BCUT2D eigenvalue weighted by atomic mass is 10.1. The molecular formula is C16H28N4O8. The van der Waals surface area contributed by atoms with Gasteiger partial charge in [0, 0.05) is 51.9 Å². The van der Waals surface area contributed by atoms with Gasteiger partial charge in [-0.1, -0.05) is 0 Å². The smallest absolute Gasteiger partial charge is 0.317 e. The average molecular weight is 404 g/mol. The van der Waals surface area contributed by atoms with Crippen molar-refractivity contribution in [2.75, 3.05) is 65.4 Å². The number of hydrogen-bond donors (Lipinski definition) is 5. The van der Waals surface area contributed by atoms with Gasteiger partial charge < -0.3 is 25.7 Å². The Kier molecular flexibility index (Phi) is 10.4. The van der Waals surface area contributed by atoms with E-state index in [1.807, 2.05) is 0 Å².